The van der Waals surface area contributed by atoms with Gasteiger partial charge in [-0.1, -0.05) is 6.42 Å². The molecule has 0 aromatic carbocycles. The van der Waals surface area contributed by atoms with Crippen LogP contribution in [-0.4, -0.2) is 43.8 Å². The Labute approximate surface area is 105 Å². The summed E-state index contributed by atoms with van der Waals surface area (Å²) in [6.45, 7) is 5.28. The molecule has 0 spiro atoms. The maximum atomic E-state index is 5.83. The van der Waals surface area contributed by atoms with E-state index in [-0.39, 0.29) is 12.4 Å². The number of nitrogens with zero attached hydrogens (tertiary/aromatic N) is 1. The van der Waals surface area contributed by atoms with Gasteiger partial charge in [-0.15, -0.1) is 12.4 Å². The summed E-state index contributed by atoms with van der Waals surface area (Å²) >= 11 is 0. The van der Waals surface area contributed by atoms with Crippen LogP contribution >= 0.6 is 12.4 Å². The summed E-state index contributed by atoms with van der Waals surface area (Å²) in [6, 6.07) is 0.654. The average Bonchev–Trinajstić information content (AvgIpc) is 2.31. The first kappa shape index (κ1) is 14.2. The highest BCUT2D eigenvalue weighted by Crippen LogP contribution is 2.21. The molecule has 0 radical (unpaired) electrons. The van der Waals surface area contributed by atoms with Crippen molar-refractivity contribution in [1.29, 1.82) is 0 Å². The fraction of sp³-hybridized carbons (Fsp3) is 1.00. The molecule has 2 fully saturated rings. The van der Waals surface area contributed by atoms with Crippen molar-refractivity contribution < 1.29 is 4.74 Å². The van der Waals surface area contributed by atoms with Crippen LogP contribution in [0.5, 0.6) is 0 Å². The second-order valence-electron chi connectivity index (χ2n) is 4.94. The van der Waals surface area contributed by atoms with Crippen molar-refractivity contribution in [3.8, 4) is 0 Å². The first-order chi connectivity index (χ1) is 7.40. The number of likely N-dealkylation sites (tertiary alicyclic amines) is 1. The van der Waals surface area contributed by atoms with Gasteiger partial charge in [-0.3, -0.25) is 4.90 Å². The summed E-state index contributed by atoms with van der Waals surface area (Å²) in [7, 11) is 0. The highest BCUT2D eigenvalue weighted by molar-refractivity contribution is 5.85. The van der Waals surface area contributed by atoms with Crippen molar-refractivity contribution in [2.45, 2.75) is 38.1 Å². The van der Waals surface area contributed by atoms with Gasteiger partial charge in [0.1, 0.15) is 0 Å². The van der Waals surface area contributed by atoms with Crippen LogP contribution in [0.15, 0.2) is 0 Å². The zero-order chi connectivity index (χ0) is 10.5. The fourth-order valence-corrected chi connectivity index (χ4v) is 2.83. The van der Waals surface area contributed by atoms with Crippen LogP contribution in [0.1, 0.15) is 32.1 Å². The zero-order valence-corrected chi connectivity index (χ0v) is 10.9. The second kappa shape index (κ2) is 7.49. The normalized spacial score (nSPS) is 28.7. The average molecular weight is 249 g/mol. The summed E-state index contributed by atoms with van der Waals surface area (Å²) in [5.41, 5.74) is 5.83. The van der Waals surface area contributed by atoms with E-state index in [1.807, 2.05) is 0 Å². The molecule has 0 aromatic heterocycles. The molecule has 0 amide bonds. The summed E-state index contributed by atoms with van der Waals surface area (Å²) in [5, 5.41) is 0. The standard InChI is InChI=1S/C12H24N2O.ClH/c13-9-12-3-1-2-6-14(12)10-11-4-7-15-8-5-11;/h11-12H,1-10,13H2;1H. The Morgan fingerprint density at radius 3 is 2.56 bits per heavy atom. The van der Waals surface area contributed by atoms with Crippen molar-refractivity contribution in [1.82, 2.24) is 4.90 Å². The number of hydrogen-bond donors (Lipinski definition) is 1. The zero-order valence-electron chi connectivity index (χ0n) is 10.1. The maximum absolute atomic E-state index is 5.83. The smallest absolute Gasteiger partial charge is 0.0469 e. The highest BCUT2D eigenvalue weighted by Gasteiger charge is 2.24. The van der Waals surface area contributed by atoms with Gasteiger partial charge in [-0.05, 0) is 38.1 Å². The Hall–Kier alpha value is 0.170. The molecule has 3 nitrogen and oxygen atoms in total. The van der Waals surface area contributed by atoms with Crippen molar-refractivity contribution in [2.24, 2.45) is 11.7 Å². The van der Waals surface area contributed by atoms with Crippen LogP contribution in [0.4, 0.5) is 0 Å². The summed E-state index contributed by atoms with van der Waals surface area (Å²) in [4.78, 5) is 2.62. The first-order valence-electron chi connectivity index (χ1n) is 6.42. The van der Waals surface area contributed by atoms with E-state index >= 15 is 0 Å². The lowest BCUT2D eigenvalue weighted by Gasteiger charge is -2.38. The number of halogens is 1. The third kappa shape index (κ3) is 3.88. The number of hydrogen-bond acceptors (Lipinski definition) is 3. The van der Waals surface area contributed by atoms with Crippen molar-refractivity contribution >= 4 is 12.4 Å². The van der Waals surface area contributed by atoms with Crippen LogP contribution in [0.25, 0.3) is 0 Å². The van der Waals surface area contributed by atoms with Gasteiger partial charge in [0, 0.05) is 32.3 Å². The Morgan fingerprint density at radius 2 is 1.88 bits per heavy atom. The largest absolute Gasteiger partial charge is 0.381 e. The minimum atomic E-state index is 0. The molecule has 1 atom stereocenters. The topological polar surface area (TPSA) is 38.5 Å². The van der Waals surface area contributed by atoms with E-state index in [2.05, 4.69) is 4.90 Å². The number of rotatable bonds is 3. The molecular weight excluding hydrogens is 224 g/mol. The predicted octanol–water partition coefficient (Wildman–Crippen LogP) is 1.65. The Balaban J connectivity index is 0.00000128. The molecule has 96 valence electrons. The quantitative estimate of drug-likeness (QED) is 0.826. The minimum Gasteiger partial charge on any atom is -0.381 e. The van der Waals surface area contributed by atoms with E-state index in [4.69, 9.17) is 10.5 Å². The van der Waals surface area contributed by atoms with Gasteiger partial charge in [0.15, 0.2) is 0 Å². The van der Waals surface area contributed by atoms with Crippen molar-refractivity contribution in [3.63, 3.8) is 0 Å². The van der Waals surface area contributed by atoms with Gasteiger partial charge >= 0.3 is 0 Å². The summed E-state index contributed by atoms with van der Waals surface area (Å²) in [6.07, 6.45) is 6.52. The summed E-state index contributed by atoms with van der Waals surface area (Å²) < 4.78 is 5.40. The van der Waals surface area contributed by atoms with Gasteiger partial charge in [-0.2, -0.15) is 0 Å². The molecule has 0 bridgehead atoms. The van der Waals surface area contributed by atoms with E-state index < -0.39 is 0 Å². The van der Waals surface area contributed by atoms with E-state index in [1.54, 1.807) is 0 Å². The van der Waals surface area contributed by atoms with E-state index in [0.29, 0.717) is 6.04 Å². The SMILES string of the molecule is Cl.NCC1CCCCN1CC1CCOCC1. The van der Waals surface area contributed by atoms with Gasteiger partial charge in [-0.25, -0.2) is 0 Å². The molecular formula is C12H25ClN2O. The van der Waals surface area contributed by atoms with Crippen LogP contribution in [-0.2, 0) is 4.74 Å². The van der Waals surface area contributed by atoms with Crippen molar-refractivity contribution in [2.75, 3.05) is 32.8 Å². The molecule has 4 heteroatoms. The highest BCUT2D eigenvalue weighted by atomic mass is 35.5. The second-order valence-corrected chi connectivity index (χ2v) is 4.94. The molecule has 0 aliphatic carbocycles. The van der Waals surface area contributed by atoms with Gasteiger partial charge < -0.3 is 10.5 Å². The molecule has 2 N–H and O–H groups in total. The Morgan fingerprint density at radius 1 is 1.12 bits per heavy atom. The minimum absolute atomic E-state index is 0. The first-order valence-corrected chi connectivity index (χ1v) is 6.42. The van der Waals surface area contributed by atoms with E-state index in [9.17, 15) is 0 Å². The van der Waals surface area contributed by atoms with Crippen LogP contribution in [0.2, 0.25) is 0 Å². The molecule has 2 aliphatic heterocycles. The molecule has 16 heavy (non-hydrogen) atoms. The molecule has 1 unspecified atom stereocenters. The number of nitrogens with two attached hydrogens (primary N) is 1. The van der Waals surface area contributed by atoms with Gasteiger partial charge in [0.25, 0.3) is 0 Å². The van der Waals surface area contributed by atoms with Gasteiger partial charge in [0.05, 0.1) is 0 Å². The summed E-state index contributed by atoms with van der Waals surface area (Å²) in [5.74, 6) is 0.853. The molecule has 2 saturated heterocycles. The lowest BCUT2D eigenvalue weighted by Crippen LogP contribution is -2.46. The number of piperidine rings is 1. The Bertz CT molecular complexity index is 186. The van der Waals surface area contributed by atoms with E-state index in [0.717, 1.165) is 25.7 Å². The Kier molecular flexibility index (Phi) is 6.66. The predicted molar refractivity (Wildman–Crippen MR) is 69.1 cm³/mol. The monoisotopic (exact) mass is 248 g/mol. The van der Waals surface area contributed by atoms with Crippen LogP contribution in [0.3, 0.4) is 0 Å². The van der Waals surface area contributed by atoms with E-state index in [1.165, 1.54) is 45.2 Å². The fourth-order valence-electron chi connectivity index (χ4n) is 2.83. The van der Waals surface area contributed by atoms with Crippen LogP contribution < -0.4 is 5.73 Å². The number of ether oxygens (including phenoxy) is 1. The van der Waals surface area contributed by atoms with Gasteiger partial charge in [0.2, 0.25) is 0 Å². The third-order valence-electron chi connectivity index (χ3n) is 3.85. The molecule has 0 aromatic rings. The third-order valence-corrected chi connectivity index (χ3v) is 3.85. The molecule has 0 saturated carbocycles. The molecule has 2 aliphatic rings. The van der Waals surface area contributed by atoms with Crippen molar-refractivity contribution in [3.05, 3.63) is 0 Å². The lowest BCUT2D eigenvalue weighted by molar-refractivity contribution is 0.0396. The maximum Gasteiger partial charge on any atom is 0.0469 e. The molecule has 2 heterocycles. The lowest BCUT2D eigenvalue weighted by atomic mass is 9.95. The molecule has 2 rings (SSSR count). The van der Waals surface area contributed by atoms with Crippen LogP contribution in [0, 0.1) is 5.92 Å².